The lowest BCUT2D eigenvalue weighted by Crippen LogP contribution is -2.53. The average Bonchev–Trinajstić information content (AvgIpc) is 3.19. The molecule has 1 heterocycles. The Morgan fingerprint density at radius 3 is 2.78 bits per heavy atom. The number of hydrogen-bond acceptors (Lipinski definition) is 2. The molecule has 0 aromatic carbocycles. The van der Waals surface area contributed by atoms with Crippen LogP contribution in [0.1, 0.15) is 65.2 Å². The minimum atomic E-state index is -0.0748. The van der Waals surface area contributed by atoms with Crippen LogP contribution in [0.5, 0.6) is 0 Å². The van der Waals surface area contributed by atoms with Crippen LogP contribution in [0.4, 0.5) is 0 Å². The van der Waals surface area contributed by atoms with Gasteiger partial charge in [0.1, 0.15) is 0 Å². The molecule has 4 fully saturated rings. The third-order valence-corrected chi connectivity index (χ3v) is 10.1. The van der Waals surface area contributed by atoms with E-state index >= 15 is 0 Å². The van der Waals surface area contributed by atoms with Gasteiger partial charge in [-0.2, -0.15) is 0 Å². The molecule has 3 saturated carbocycles. The molecule has 4 aliphatic carbocycles. The van der Waals surface area contributed by atoms with Gasteiger partial charge in [0.05, 0.1) is 6.10 Å². The lowest BCUT2D eigenvalue weighted by molar-refractivity contribution is -0.0625. The van der Waals surface area contributed by atoms with Gasteiger partial charge >= 0.3 is 0 Å². The molecular weight excluding hydrogens is 397 g/mol. The SMILES string of the molecule is C[C@]12CCC3C(CC=C4C[C@@H](O)CC[C@@]43C)C1CCC1C2N1I. The number of fused-ring (bicyclic) bond motifs is 7. The molecule has 0 spiro atoms. The van der Waals surface area contributed by atoms with Crippen LogP contribution in [-0.4, -0.2) is 26.4 Å². The molecule has 2 nitrogen and oxygen atoms in total. The highest BCUT2D eigenvalue weighted by atomic mass is 127. The number of rotatable bonds is 0. The summed E-state index contributed by atoms with van der Waals surface area (Å²) in [5.74, 6) is 2.72. The predicted octanol–water partition coefficient (Wildman–Crippen LogP) is 4.71. The molecule has 1 aliphatic heterocycles. The predicted molar refractivity (Wildman–Crippen MR) is 101 cm³/mol. The lowest BCUT2D eigenvalue weighted by atomic mass is 9.45. The van der Waals surface area contributed by atoms with Crippen LogP contribution in [0.3, 0.4) is 0 Å². The second-order valence-corrected chi connectivity index (χ2v) is 10.7. The van der Waals surface area contributed by atoms with Gasteiger partial charge in [-0.05, 0) is 80.0 Å². The van der Waals surface area contributed by atoms with Gasteiger partial charge < -0.3 is 5.11 Å². The second-order valence-electron chi connectivity index (χ2n) is 9.63. The molecule has 5 rings (SSSR count). The lowest BCUT2D eigenvalue weighted by Gasteiger charge is -2.59. The molecule has 0 bridgehead atoms. The van der Waals surface area contributed by atoms with Crippen LogP contribution in [0.15, 0.2) is 11.6 Å². The molecule has 0 radical (unpaired) electrons. The van der Waals surface area contributed by atoms with Crippen molar-refractivity contribution in [2.24, 2.45) is 28.6 Å². The Hall–Kier alpha value is 0.390. The largest absolute Gasteiger partial charge is 0.393 e. The van der Waals surface area contributed by atoms with Gasteiger partial charge in [-0.25, -0.2) is 3.11 Å². The maximum Gasteiger partial charge on any atom is 0.0577 e. The van der Waals surface area contributed by atoms with Crippen molar-refractivity contribution in [2.75, 3.05) is 0 Å². The topological polar surface area (TPSA) is 23.2 Å². The van der Waals surface area contributed by atoms with E-state index in [1.807, 2.05) is 0 Å². The summed E-state index contributed by atoms with van der Waals surface area (Å²) in [6.45, 7) is 5.16. The Balaban J connectivity index is 1.49. The molecule has 3 heteroatoms. The van der Waals surface area contributed by atoms with E-state index in [-0.39, 0.29) is 6.10 Å². The van der Waals surface area contributed by atoms with Gasteiger partial charge in [-0.3, -0.25) is 0 Å². The minimum Gasteiger partial charge on any atom is -0.393 e. The number of nitrogens with zero attached hydrogens (tertiary/aromatic N) is 1. The van der Waals surface area contributed by atoms with Crippen molar-refractivity contribution in [3.05, 3.63) is 11.6 Å². The number of aliphatic hydroxyl groups excluding tert-OH is 1. The van der Waals surface area contributed by atoms with E-state index in [0.717, 1.165) is 42.7 Å². The van der Waals surface area contributed by atoms with E-state index in [1.165, 1.54) is 38.5 Å². The van der Waals surface area contributed by atoms with Crippen molar-refractivity contribution in [3.63, 3.8) is 0 Å². The van der Waals surface area contributed by atoms with Gasteiger partial charge in [-0.15, -0.1) is 0 Å². The summed E-state index contributed by atoms with van der Waals surface area (Å²) in [5, 5.41) is 10.1. The highest BCUT2D eigenvalue weighted by Crippen LogP contribution is 2.67. The fourth-order valence-electron chi connectivity index (χ4n) is 7.50. The van der Waals surface area contributed by atoms with Gasteiger partial charge in [0, 0.05) is 34.9 Å². The molecule has 1 N–H and O–H groups in total. The van der Waals surface area contributed by atoms with Gasteiger partial charge in [0.15, 0.2) is 0 Å². The molecule has 5 aliphatic rings. The first-order valence-corrected chi connectivity index (χ1v) is 10.7. The van der Waals surface area contributed by atoms with E-state index in [2.05, 4.69) is 45.9 Å². The minimum absolute atomic E-state index is 0.0748. The van der Waals surface area contributed by atoms with Gasteiger partial charge in [-0.1, -0.05) is 25.5 Å². The van der Waals surface area contributed by atoms with E-state index in [4.69, 9.17) is 0 Å². The molecule has 0 amide bonds. The van der Waals surface area contributed by atoms with Crippen LogP contribution >= 0.6 is 22.9 Å². The first-order valence-electron chi connectivity index (χ1n) is 9.77. The molecular formula is C20H30INO. The first-order chi connectivity index (χ1) is 10.9. The highest BCUT2D eigenvalue weighted by molar-refractivity contribution is 14.1. The molecule has 9 atom stereocenters. The standard InChI is InChI=1S/C20H30INO/c1-19-9-7-13(23)11-12(19)3-4-14-15-5-6-17-18(22(17)21)20(15,2)10-8-16(14)19/h3,13-18,23H,4-11H2,1-2H3/t13-,14?,15?,16?,17?,18?,19-,20-,22?/m0/s1. The van der Waals surface area contributed by atoms with Crippen molar-refractivity contribution in [1.29, 1.82) is 0 Å². The fourth-order valence-corrected chi connectivity index (χ4v) is 8.95. The van der Waals surface area contributed by atoms with Crippen LogP contribution < -0.4 is 0 Å². The van der Waals surface area contributed by atoms with Crippen molar-refractivity contribution < 1.29 is 5.11 Å². The summed E-state index contributed by atoms with van der Waals surface area (Å²) in [7, 11) is 0. The first kappa shape index (κ1) is 15.6. The third kappa shape index (κ3) is 1.99. The Morgan fingerprint density at radius 1 is 1.13 bits per heavy atom. The number of hydrogen-bond donors (Lipinski definition) is 1. The highest BCUT2D eigenvalue weighted by Gasteiger charge is 2.66. The summed E-state index contributed by atoms with van der Waals surface area (Å²) in [5.41, 5.74) is 2.58. The monoisotopic (exact) mass is 427 g/mol. The smallest absolute Gasteiger partial charge is 0.0577 e. The number of halogens is 1. The van der Waals surface area contributed by atoms with Crippen molar-refractivity contribution in [1.82, 2.24) is 3.11 Å². The van der Waals surface area contributed by atoms with E-state index in [9.17, 15) is 5.11 Å². The maximum atomic E-state index is 10.1. The van der Waals surface area contributed by atoms with Crippen LogP contribution in [-0.2, 0) is 0 Å². The van der Waals surface area contributed by atoms with E-state index < -0.39 is 0 Å². The number of aliphatic hydroxyl groups is 1. The van der Waals surface area contributed by atoms with Gasteiger partial charge in [0.25, 0.3) is 0 Å². The Labute approximate surface area is 154 Å². The third-order valence-electron chi connectivity index (χ3n) is 8.82. The molecule has 6 unspecified atom stereocenters. The molecule has 1 saturated heterocycles. The van der Waals surface area contributed by atoms with Crippen molar-refractivity contribution in [2.45, 2.75) is 83.4 Å². The second kappa shape index (κ2) is 4.97. The Kier molecular flexibility index (Phi) is 3.38. The van der Waals surface area contributed by atoms with Crippen LogP contribution in [0.25, 0.3) is 0 Å². The van der Waals surface area contributed by atoms with E-state index in [0.29, 0.717) is 10.8 Å². The van der Waals surface area contributed by atoms with Gasteiger partial charge in [0.2, 0.25) is 0 Å². The van der Waals surface area contributed by atoms with Crippen LogP contribution in [0, 0.1) is 28.6 Å². The Morgan fingerprint density at radius 2 is 1.96 bits per heavy atom. The quantitative estimate of drug-likeness (QED) is 0.262. The zero-order valence-corrected chi connectivity index (χ0v) is 16.6. The zero-order chi connectivity index (χ0) is 16.0. The fraction of sp³-hybridized carbons (Fsp3) is 0.900. The van der Waals surface area contributed by atoms with Crippen LogP contribution in [0.2, 0.25) is 0 Å². The maximum absolute atomic E-state index is 10.1. The molecule has 0 aromatic heterocycles. The molecule has 128 valence electrons. The molecule has 0 aromatic rings. The van der Waals surface area contributed by atoms with Crippen molar-refractivity contribution >= 4 is 22.9 Å². The summed E-state index contributed by atoms with van der Waals surface area (Å²) < 4.78 is 2.64. The average molecular weight is 427 g/mol. The zero-order valence-electron chi connectivity index (χ0n) is 14.5. The van der Waals surface area contributed by atoms with Crippen molar-refractivity contribution in [3.8, 4) is 0 Å². The summed E-state index contributed by atoms with van der Waals surface area (Å²) >= 11 is 2.59. The summed E-state index contributed by atoms with van der Waals surface area (Å²) in [4.78, 5) is 0. The van der Waals surface area contributed by atoms with E-state index in [1.54, 1.807) is 5.57 Å². The Bertz CT molecular complexity index is 562. The number of allylic oxidation sites excluding steroid dienone is 1. The summed E-state index contributed by atoms with van der Waals surface area (Å²) in [6.07, 6.45) is 12.7. The normalized spacial score (nSPS) is 60.7. The molecule has 23 heavy (non-hydrogen) atoms. The summed E-state index contributed by atoms with van der Waals surface area (Å²) in [6, 6.07) is 1.76.